The standard InChI is InChI=1S/C16H13Cl2N3O/c17-13-5-3-6-14(18)12(13)9-21-8-11(16(22)20-19)10-4-1-2-7-15(10)21/h1-8H,9,19H2,(H,20,22). The third-order valence-electron chi connectivity index (χ3n) is 3.55. The Kier molecular flexibility index (Phi) is 4.07. The molecule has 0 unspecified atom stereocenters. The molecule has 0 radical (unpaired) electrons. The lowest BCUT2D eigenvalue weighted by atomic mass is 10.1. The molecule has 1 heterocycles. The predicted octanol–water partition coefficient (Wildman–Crippen LogP) is 3.60. The summed E-state index contributed by atoms with van der Waals surface area (Å²) in [6, 6.07) is 13.0. The van der Waals surface area contributed by atoms with E-state index in [9.17, 15) is 4.79 Å². The summed E-state index contributed by atoms with van der Waals surface area (Å²) in [6.45, 7) is 0.469. The number of rotatable bonds is 3. The van der Waals surface area contributed by atoms with Gasteiger partial charge in [-0.15, -0.1) is 0 Å². The Morgan fingerprint density at radius 1 is 1.09 bits per heavy atom. The average Bonchev–Trinajstić information content (AvgIpc) is 2.89. The lowest BCUT2D eigenvalue weighted by molar-refractivity contribution is 0.0955. The van der Waals surface area contributed by atoms with Crippen LogP contribution in [0.4, 0.5) is 0 Å². The third kappa shape index (κ3) is 2.57. The largest absolute Gasteiger partial charge is 0.342 e. The van der Waals surface area contributed by atoms with Gasteiger partial charge in [-0.2, -0.15) is 0 Å². The molecule has 2 aromatic carbocycles. The van der Waals surface area contributed by atoms with E-state index >= 15 is 0 Å². The molecule has 3 N–H and O–H groups in total. The van der Waals surface area contributed by atoms with Gasteiger partial charge in [0, 0.05) is 32.7 Å². The zero-order chi connectivity index (χ0) is 15.7. The molecule has 112 valence electrons. The second-order valence-corrected chi connectivity index (χ2v) is 5.68. The van der Waals surface area contributed by atoms with E-state index in [0.717, 1.165) is 16.5 Å². The van der Waals surface area contributed by atoms with Crippen LogP contribution in [-0.4, -0.2) is 10.5 Å². The van der Waals surface area contributed by atoms with Gasteiger partial charge in [0.15, 0.2) is 0 Å². The van der Waals surface area contributed by atoms with Crippen molar-refractivity contribution in [3.05, 3.63) is 69.8 Å². The Labute approximate surface area is 137 Å². The highest BCUT2D eigenvalue weighted by molar-refractivity contribution is 6.36. The van der Waals surface area contributed by atoms with E-state index in [-0.39, 0.29) is 5.91 Å². The van der Waals surface area contributed by atoms with Crippen LogP contribution in [-0.2, 0) is 6.54 Å². The van der Waals surface area contributed by atoms with Crippen molar-refractivity contribution in [2.24, 2.45) is 5.84 Å². The number of nitrogens with two attached hydrogens (primary N) is 1. The van der Waals surface area contributed by atoms with Crippen LogP contribution < -0.4 is 11.3 Å². The van der Waals surface area contributed by atoms with E-state index in [1.807, 2.05) is 28.8 Å². The first kappa shape index (κ1) is 14.9. The molecule has 4 nitrogen and oxygen atoms in total. The highest BCUT2D eigenvalue weighted by Gasteiger charge is 2.15. The van der Waals surface area contributed by atoms with E-state index in [0.29, 0.717) is 22.2 Å². The number of hydrogen-bond acceptors (Lipinski definition) is 2. The molecular formula is C16H13Cl2N3O. The normalized spacial score (nSPS) is 10.9. The molecule has 0 aliphatic heterocycles. The monoisotopic (exact) mass is 333 g/mol. The zero-order valence-corrected chi connectivity index (χ0v) is 13.0. The molecule has 22 heavy (non-hydrogen) atoms. The van der Waals surface area contributed by atoms with Gasteiger partial charge in [-0.25, -0.2) is 5.84 Å². The summed E-state index contributed by atoms with van der Waals surface area (Å²) in [5, 5.41) is 2.01. The number of para-hydroxylation sites is 1. The van der Waals surface area contributed by atoms with Crippen molar-refractivity contribution in [3.63, 3.8) is 0 Å². The fraction of sp³-hybridized carbons (Fsp3) is 0.0625. The van der Waals surface area contributed by atoms with Gasteiger partial charge in [0.25, 0.3) is 5.91 Å². The van der Waals surface area contributed by atoms with E-state index in [4.69, 9.17) is 29.0 Å². The first-order valence-corrected chi connectivity index (χ1v) is 7.39. The van der Waals surface area contributed by atoms with Crippen LogP contribution in [0.1, 0.15) is 15.9 Å². The highest BCUT2D eigenvalue weighted by atomic mass is 35.5. The van der Waals surface area contributed by atoms with Crippen molar-refractivity contribution in [2.45, 2.75) is 6.54 Å². The van der Waals surface area contributed by atoms with Crippen LogP contribution in [0.2, 0.25) is 10.0 Å². The molecule has 0 aliphatic rings. The van der Waals surface area contributed by atoms with E-state index in [2.05, 4.69) is 5.43 Å². The SMILES string of the molecule is NNC(=O)c1cn(Cc2c(Cl)cccc2Cl)c2ccccc12. The summed E-state index contributed by atoms with van der Waals surface area (Å²) < 4.78 is 1.94. The smallest absolute Gasteiger partial charge is 0.267 e. The maximum absolute atomic E-state index is 11.9. The minimum atomic E-state index is -0.333. The minimum absolute atomic E-state index is 0.333. The quantitative estimate of drug-likeness (QED) is 0.437. The number of carbonyl (C=O) groups is 1. The van der Waals surface area contributed by atoms with Crippen molar-refractivity contribution in [2.75, 3.05) is 0 Å². The van der Waals surface area contributed by atoms with E-state index in [1.165, 1.54) is 0 Å². The second kappa shape index (κ2) is 6.01. The van der Waals surface area contributed by atoms with E-state index < -0.39 is 0 Å². The van der Waals surface area contributed by atoms with Crippen LogP contribution in [0, 0.1) is 0 Å². The molecule has 1 aromatic heterocycles. The summed E-state index contributed by atoms with van der Waals surface area (Å²) in [6.07, 6.45) is 1.76. The molecule has 0 saturated heterocycles. The van der Waals surface area contributed by atoms with Crippen molar-refractivity contribution >= 4 is 40.0 Å². The fourth-order valence-electron chi connectivity index (χ4n) is 2.49. The number of halogens is 2. The molecule has 0 bridgehead atoms. The lowest BCUT2D eigenvalue weighted by Gasteiger charge is -2.09. The van der Waals surface area contributed by atoms with Gasteiger partial charge in [0.1, 0.15) is 0 Å². The van der Waals surface area contributed by atoms with Gasteiger partial charge in [0.05, 0.1) is 12.1 Å². The van der Waals surface area contributed by atoms with Gasteiger partial charge < -0.3 is 4.57 Å². The Balaban J connectivity index is 2.14. The number of hydrogen-bond donors (Lipinski definition) is 2. The second-order valence-electron chi connectivity index (χ2n) is 4.86. The number of nitrogens with one attached hydrogen (secondary N) is 1. The molecule has 0 fully saturated rings. The summed E-state index contributed by atoms with van der Waals surface area (Å²) in [5.74, 6) is 4.92. The number of benzene rings is 2. The van der Waals surface area contributed by atoms with Crippen LogP contribution in [0.25, 0.3) is 10.9 Å². The van der Waals surface area contributed by atoms with Crippen LogP contribution in [0.5, 0.6) is 0 Å². The molecule has 1 amide bonds. The number of nitrogens with zero attached hydrogens (tertiary/aromatic N) is 1. The molecule has 3 aromatic rings. The topological polar surface area (TPSA) is 60.0 Å². The van der Waals surface area contributed by atoms with Crippen LogP contribution in [0.15, 0.2) is 48.7 Å². The molecule has 0 atom stereocenters. The van der Waals surface area contributed by atoms with Crippen molar-refractivity contribution in [3.8, 4) is 0 Å². The number of carbonyl (C=O) groups excluding carboxylic acids is 1. The number of hydrazine groups is 1. The molecule has 0 saturated carbocycles. The number of nitrogen functional groups attached to an aromatic ring is 1. The zero-order valence-electron chi connectivity index (χ0n) is 11.5. The van der Waals surface area contributed by atoms with Crippen molar-refractivity contribution in [1.29, 1.82) is 0 Å². The highest BCUT2D eigenvalue weighted by Crippen LogP contribution is 2.28. The fourth-order valence-corrected chi connectivity index (χ4v) is 3.01. The predicted molar refractivity (Wildman–Crippen MR) is 89.2 cm³/mol. The molecule has 0 aliphatic carbocycles. The average molecular weight is 334 g/mol. The molecule has 6 heteroatoms. The first-order chi connectivity index (χ1) is 10.6. The van der Waals surface area contributed by atoms with Gasteiger partial charge >= 0.3 is 0 Å². The Morgan fingerprint density at radius 3 is 2.45 bits per heavy atom. The van der Waals surface area contributed by atoms with Crippen molar-refractivity contribution < 1.29 is 4.79 Å². The summed E-state index contributed by atoms with van der Waals surface area (Å²) in [5.41, 5.74) is 4.41. The lowest BCUT2D eigenvalue weighted by Crippen LogP contribution is -2.29. The molecular weight excluding hydrogens is 321 g/mol. The van der Waals surface area contributed by atoms with Crippen LogP contribution in [0.3, 0.4) is 0 Å². The van der Waals surface area contributed by atoms with Crippen LogP contribution >= 0.6 is 23.2 Å². The molecule has 3 rings (SSSR count). The van der Waals surface area contributed by atoms with E-state index in [1.54, 1.807) is 24.4 Å². The summed E-state index contributed by atoms with van der Waals surface area (Å²) >= 11 is 12.5. The maximum Gasteiger partial charge on any atom is 0.267 e. The van der Waals surface area contributed by atoms with Crippen molar-refractivity contribution in [1.82, 2.24) is 9.99 Å². The Morgan fingerprint density at radius 2 is 1.77 bits per heavy atom. The third-order valence-corrected chi connectivity index (χ3v) is 4.26. The van der Waals surface area contributed by atoms with Gasteiger partial charge in [-0.1, -0.05) is 47.5 Å². The summed E-state index contributed by atoms with van der Waals surface area (Å²) in [7, 11) is 0. The van der Waals surface area contributed by atoms with Gasteiger partial charge in [0.2, 0.25) is 0 Å². The van der Waals surface area contributed by atoms with Gasteiger partial charge in [-0.05, 0) is 18.2 Å². The number of fused-ring (bicyclic) bond motifs is 1. The molecule has 0 spiro atoms. The first-order valence-electron chi connectivity index (χ1n) is 6.63. The maximum atomic E-state index is 11.9. The number of aromatic nitrogens is 1. The minimum Gasteiger partial charge on any atom is -0.342 e. The summed E-state index contributed by atoms with van der Waals surface area (Å²) in [4.78, 5) is 11.9. The number of amides is 1. The Bertz CT molecular complexity index is 837. The van der Waals surface area contributed by atoms with Gasteiger partial charge in [-0.3, -0.25) is 10.2 Å². The Hall–Kier alpha value is -2.01.